The first-order valence-electron chi connectivity index (χ1n) is 7.57. The zero-order valence-electron chi connectivity index (χ0n) is 12.8. The molecule has 5 nitrogen and oxygen atoms in total. The van der Waals surface area contributed by atoms with Crippen molar-refractivity contribution >= 4 is 33.0 Å². The molecule has 0 aromatic carbocycles. The number of aliphatic hydroxyl groups excluding tert-OH is 1. The van der Waals surface area contributed by atoms with Crippen LogP contribution in [0.3, 0.4) is 0 Å². The number of sulfonamides is 1. The molecule has 0 aliphatic heterocycles. The van der Waals surface area contributed by atoms with Crippen molar-refractivity contribution in [3.63, 3.8) is 0 Å². The second-order valence-electron chi connectivity index (χ2n) is 5.63. The van der Waals surface area contributed by atoms with E-state index in [9.17, 15) is 13.5 Å². The van der Waals surface area contributed by atoms with Gasteiger partial charge in [0.2, 0.25) is 10.0 Å². The molecule has 0 radical (unpaired) electrons. The standard InChI is InChI=1S/C15H22ClNO4S2/c1-2-9-21-12-5-3-11(4-6-12)13(10-18)17-23(19,20)15-8-7-14(16)22-15/h2,7-8,11-13,17-18H,1,3-6,9-10H2/t11?,12?,13-/m1/s1. The van der Waals surface area contributed by atoms with Gasteiger partial charge < -0.3 is 9.84 Å². The predicted molar refractivity (Wildman–Crippen MR) is 92.4 cm³/mol. The summed E-state index contributed by atoms with van der Waals surface area (Å²) in [5.74, 6) is 0.105. The van der Waals surface area contributed by atoms with Crippen molar-refractivity contribution in [2.45, 2.75) is 42.0 Å². The molecule has 0 spiro atoms. The van der Waals surface area contributed by atoms with Crippen LogP contribution >= 0.6 is 22.9 Å². The van der Waals surface area contributed by atoms with Gasteiger partial charge >= 0.3 is 0 Å². The van der Waals surface area contributed by atoms with Gasteiger partial charge in [0.15, 0.2) is 0 Å². The van der Waals surface area contributed by atoms with Crippen LogP contribution in [0.5, 0.6) is 0 Å². The number of thiophene rings is 1. The highest BCUT2D eigenvalue weighted by Crippen LogP contribution is 2.30. The molecule has 8 heteroatoms. The van der Waals surface area contributed by atoms with Gasteiger partial charge in [-0.3, -0.25) is 0 Å². The summed E-state index contributed by atoms with van der Waals surface area (Å²) >= 11 is 6.81. The van der Waals surface area contributed by atoms with E-state index in [-0.39, 0.29) is 22.8 Å². The highest BCUT2D eigenvalue weighted by atomic mass is 35.5. The van der Waals surface area contributed by atoms with E-state index in [4.69, 9.17) is 16.3 Å². The van der Waals surface area contributed by atoms with Gasteiger partial charge in [0.25, 0.3) is 0 Å². The van der Waals surface area contributed by atoms with Crippen LogP contribution in [0.2, 0.25) is 4.34 Å². The van der Waals surface area contributed by atoms with Gasteiger partial charge in [-0.15, -0.1) is 17.9 Å². The van der Waals surface area contributed by atoms with Gasteiger partial charge in [-0.25, -0.2) is 13.1 Å². The third kappa shape index (κ3) is 5.27. The lowest BCUT2D eigenvalue weighted by atomic mass is 9.83. The lowest BCUT2D eigenvalue weighted by Crippen LogP contribution is -2.44. The van der Waals surface area contributed by atoms with Gasteiger partial charge in [0.1, 0.15) is 4.21 Å². The first-order chi connectivity index (χ1) is 11.0. The Kier molecular flexibility index (Phi) is 7.06. The summed E-state index contributed by atoms with van der Waals surface area (Å²) in [7, 11) is -3.65. The third-order valence-electron chi connectivity index (χ3n) is 4.05. The molecule has 1 aliphatic carbocycles. The Balaban J connectivity index is 1.94. The fraction of sp³-hybridized carbons (Fsp3) is 0.600. The molecule has 0 amide bonds. The molecule has 1 saturated carbocycles. The SMILES string of the molecule is C=CCOC1CCC([C@@H](CO)NS(=O)(=O)c2ccc(Cl)s2)CC1. The molecule has 23 heavy (non-hydrogen) atoms. The third-order valence-corrected chi connectivity index (χ3v) is 7.27. The molecule has 1 aromatic heterocycles. The number of ether oxygens (including phenoxy) is 1. The molecule has 0 saturated heterocycles. The Morgan fingerprint density at radius 3 is 2.65 bits per heavy atom. The maximum atomic E-state index is 12.4. The lowest BCUT2D eigenvalue weighted by Gasteiger charge is -2.33. The zero-order chi connectivity index (χ0) is 16.9. The van der Waals surface area contributed by atoms with Crippen LogP contribution in [0.1, 0.15) is 25.7 Å². The van der Waals surface area contributed by atoms with Crippen molar-refractivity contribution in [2.24, 2.45) is 5.92 Å². The molecule has 0 unspecified atom stereocenters. The maximum Gasteiger partial charge on any atom is 0.250 e. The summed E-state index contributed by atoms with van der Waals surface area (Å²) in [6.45, 7) is 3.94. The van der Waals surface area contributed by atoms with Crippen molar-refractivity contribution in [3.8, 4) is 0 Å². The van der Waals surface area contributed by atoms with E-state index >= 15 is 0 Å². The Hall–Kier alpha value is -0.440. The Bertz CT molecular complexity index is 609. The van der Waals surface area contributed by atoms with Crippen molar-refractivity contribution < 1.29 is 18.3 Å². The van der Waals surface area contributed by atoms with E-state index in [1.165, 1.54) is 6.07 Å². The molecule has 0 bridgehead atoms. The first-order valence-corrected chi connectivity index (χ1v) is 10.2. The average molecular weight is 380 g/mol. The topological polar surface area (TPSA) is 75.6 Å². The Morgan fingerprint density at radius 2 is 2.13 bits per heavy atom. The zero-order valence-corrected chi connectivity index (χ0v) is 15.2. The van der Waals surface area contributed by atoms with Crippen molar-refractivity contribution in [1.29, 1.82) is 0 Å². The normalized spacial score (nSPS) is 23.6. The van der Waals surface area contributed by atoms with E-state index < -0.39 is 16.1 Å². The summed E-state index contributed by atoms with van der Waals surface area (Å²) in [4.78, 5) is 0. The Labute approximate surface area is 146 Å². The van der Waals surface area contributed by atoms with Crippen LogP contribution in [0.4, 0.5) is 0 Å². The van der Waals surface area contributed by atoms with E-state index in [0.717, 1.165) is 37.0 Å². The molecule has 2 N–H and O–H groups in total. The molecular formula is C15H22ClNO4S2. The van der Waals surface area contributed by atoms with Crippen LogP contribution in [0, 0.1) is 5.92 Å². The van der Waals surface area contributed by atoms with Gasteiger partial charge in [-0.05, 0) is 43.7 Å². The van der Waals surface area contributed by atoms with Gasteiger partial charge in [0.05, 0.1) is 23.7 Å². The lowest BCUT2D eigenvalue weighted by molar-refractivity contribution is 0.0273. The van der Waals surface area contributed by atoms with Crippen LogP contribution in [0.25, 0.3) is 0 Å². The summed E-state index contributed by atoms with van der Waals surface area (Å²) in [5.41, 5.74) is 0. The van der Waals surface area contributed by atoms with Gasteiger partial charge in [-0.1, -0.05) is 17.7 Å². The molecule has 1 fully saturated rings. The number of hydrogen-bond acceptors (Lipinski definition) is 5. The fourth-order valence-corrected chi connectivity index (χ4v) is 5.64. The van der Waals surface area contributed by atoms with Crippen molar-refractivity contribution in [2.75, 3.05) is 13.2 Å². The summed E-state index contributed by atoms with van der Waals surface area (Å²) < 4.78 is 33.6. The second kappa shape index (κ2) is 8.60. The summed E-state index contributed by atoms with van der Waals surface area (Å²) in [6, 6.07) is 2.54. The fourth-order valence-electron chi connectivity index (χ4n) is 2.84. The molecule has 1 aliphatic rings. The number of hydrogen-bond donors (Lipinski definition) is 2. The van der Waals surface area contributed by atoms with E-state index in [2.05, 4.69) is 11.3 Å². The molecule has 130 valence electrons. The summed E-state index contributed by atoms with van der Waals surface area (Å²) in [6.07, 6.45) is 5.28. The van der Waals surface area contributed by atoms with Gasteiger partial charge in [0, 0.05) is 6.04 Å². The van der Waals surface area contributed by atoms with Crippen LogP contribution < -0.4 is 4.72 Å². The van der Waals surface area contributed by atoms with Crippen LogP contribution in [-0.2, 0) is 14.8 Å². The number of rotatable bonds is 8. The minimum atomic E-state index is -3.65. The molecule has 1 aromatic rings. The maximum absolute atomic E-state index is 12.4. The minimum Gasteiger partial charge on any atom is -0.395 e. The average Bonchev–Trinajstić information content (AvgIpc) is 2.99. The Morgan fingerprint density at radius 1 is 1.43 bits per heavy atom. The highest BCUT2D eigenvalue weighted by Gasteiger charge is 2.31. The van der Waals surface area contributed by atoms with E-state index in [0.29, 0.717) is 10.9 Å². The molecular weight excluding hydrogens is 358 g/mol. The van der Waals surface area contributed by atoms with E-state index in [1.54, 1.807) is 12.1 Å². The highest BCUT2D eigenvalue weighted by molar-refractivity contribution is 7.91. The van der Waals surface area contributed by atoms with Crippen molar-refractivity contribution in [1.82, 2.24) is 4.72 Å². The van der Waals surface area contributed by atoms with Crippen molar-refractivity contribution in [3.05, 3.63) is 29.1 Å². The largest absolute Gasteiger partial charge is 0.395 e. The number of nitrogens with one attached hydrogen (secondary N) is 1. The number of aliphatic hydroxyl groups is 1. The summed E-state index contributed by atoms with van der Waals surface area (Å²) in [5, 5.41) is 9.61. The van der Waals surface area contributed by atoms with Gasteiger partial charge in [-0.2, -0.15) is 0 Å². The van der Waals surface area contributed by atoms with E-state index in [1.807, 2.05) is 0 Å². The first kappa shape index (κ1) is 18.9. The monoisotopic (exact) mass is 379 g/mol. The minimum absolute atomic E-state index is 0.105. The number of halogens is 1. The van der Waals surface area contributed by atoms with Crippen LogP contribution in [-0.4, -0.2) is 38.9 Å². The molecule has 1 atom stereocenters. The molecule has 1 heterocycles. The smallest absolute Gasteiger partial charge is 0.250 e. The molecule has 2 rings (SSSR count). The predicted octanol–water partition coefficient (Wildman–Crippen LogP) is 2.80. The second-order valence-corrected chi connectivity index (χ2v) is 9.28. The quantitative estimate of drug-likeness (QED) is 0.681. The van der Waals surface area contributed by atoms with Crippen LogP contribution in [0.15, 0.2) is 29.0 Å².